The first-order valence-electron chi connectivity index (χ1n) is 5.88. The molecule has 92 valence electrons. The minimum atomic E-state index is 0.128. The van der Waals surface area contributed by atoms with Crippen LogP contribution in [0.5, 0.6) is 0 Å². The molecule has 1 aliphatic heterocycles. The Bertz CT molecular complexity index is 372. The van der Waals surface area contributed by atoms with Gasteiger partial charge in [-0.25, -0.2) is 0 Å². The molecule has 3 N–H and O–H groups in total. The molecule has 1 atom stereocenters. The summed E-state index contributed by atoms with van der Waals surface area (Å²) >= 11 is 1.91. The average molecular weight is 250 g/mol. The second-order valence-electron chi connectivity index (χ2n) is 4.26. The monoisotopic (exact) mass is 250 g/mol. The Morgan fingerprint density at radius 3 is 2.76 bits per heavy atom. The summed E-state index contributed by atoms with van der Waals surface area (Å²) in [6.45, 7) is 0.929. The van der Waals surface area contributed by atoms with E-state index in [9.17, 15) is 0 Å². The molecule has 1 unspecified atom stereocenters. The number of hydrogen-bond donors (Lipinski definition) is 2. The molecule has 0 aromatic heterocycles. The third-order valence-corrected chi connectivity index (χ3v) is 4.01. The summed E-state index contributed by atoms with van der Waals surface area (Å²) in [5.41, 5.74) is 7.47. The standard InChI is InChI=1S/C13H18N2OS/c14-13(15)11-5-3-10(4-6-11)8-17-9-12-2-1-7-16-12/h3-6,12H,1-2,7-9H2,(H3,14,15). The van der Waals surface area contributed by atoms with Gasteiger partial charge in [0.2, 0.25) is 0 Å². The van der Waals surface area contributed by atoms with Gasteiger partial charge in [0.1, 0.15) is 5.84 Å². The Morgan fingerprint density at radius 2 is 2.18 bits per heavy atom. The molecule has 2 rings (SSSR count). The highest BCUT2D eigenvalue weighted by atomic mass is 32.2. The number of thioether (sulfide) groups is 1. The summed E-state index contributed by atoms with van der Waals surface area (Å²) in [4.78, 5) is 0. The first-order chi connectivity index (χ1) is 8.25. The highest BCUT2D eigenvalue weighted by Gasteiger charge is 2.14. The summed E-state index contributed by atoms with van der Waals surface area (Å²) < 4.78 is 5.58. The van der Waals surface area contributed by atoms with E-state index in [0.717, 1.165) is 23.7 Å². The van der Waals surface area contributed by atoms with E-state index in [2.05, 4.69) is 0 Å². The van der Waals surface area contributed by atoms with Crippen LogP contribution in [-0.2, 0) is 10.5 Å². The highest BCUT2D eigenvalue weighted by molar-refractivity contribution is 7.98. The largest absolute Gasteiger partial charge is 0.384 e. The van der Waals surface area contributed by atoms with Crippen LogP contribution < -0.4 is 5.73 Å². The lowest BCUT2D eigenvalue weighted by Crippen LogP contribution is -2.10. The van der Waals surface area contributed by atoms with Crippen molar-refractivity contribution in [3.8, 4) is 0 Å². The van der Waals surface area contributed by atoms with Gasteiger partial charge >= 0.3 is 0 Å². The molecular weight excluding hydrogens is 232 g/mol. The van der Waals surface area contributed by atoms with Crippen molar-refractivity contribution in [2.45, 2.75) is 24.7 Å². The lowest BCUT2D eigenvalue weighted by molar-refractivity contribution is 0.129. The fourth-order valence-corrected chi connectivity index (χ4v) is 2.94. The zero-order valence-electron chi connectivity index (χ0n) is 9.82. The smallest absolute Gasteiger partial charge is 0.122 e. The fourth-order valence-electron chi connectivity index (χ4n) is 1.86. The van der Waals surface area contributed by atoms with E-state index in [1.165, 1.54) is 18.4 Å². The molecule has 1 saturated heterocycles. The Hall–Kier alpha value is -1.00. The molecule has 0 radical (unpaired) electrons. The number of nitrogens with two attached hydrogens (primary N) is 1. The third-order valence-electron chi connectivity index (χ3n) is 2.86. The van der Waals surface area contributed by atoms with Gasteiger partial charge in [0.25, 0.3) is 0 Å². The molecule has 1 aromatic rings. The van der Waals surface area contributed by atoms with Crippen LogP contribution in [0.25, 0.3) is 0 Å². The van der Waals surface area contributed by atoms with Crippen LogP contribution in [0.3, 0.4) is 0 Å². The molecular formula is C13H18N2OS. The molecule has 0 aliphatic carbocycles. The first-order valence-corrected chi connectivity index (χ1v) is 7.04. The van der Waals surface area contributed by atoms with E-state index in [-0.39, 0.29) is 5.84 Å². The Labute approximate surface area is 106 Å². The van der Waals surface area contributed by atoms with E-state index >= 15 is 0 Å². The zero-order chi connectivity index (χ0) is 12.1. The van der Waals surface area contributed by atoms with Crippen molar-refractivity contribution < 1.29 is 4.74 Å². The Kier molecular flexibility index (Phi) is 4.45. The van der Waals surface area contributed by atoms with Gasteiger partial charge in [0.05, 0.1) is 6.10 Å². The minimum absolute atomic E-state index is 0.128. The van der Waals surface area contributed by atoms with E-state index in [4.69, 9.17) is 15.9 Å². The van der Waals surface area contributed by atoms with Gasteiger partial charge in [0, 0.05) is 23.7 Å². The number of nitrogens with one attached hydrogen (secondary N) is 1. The van der Waals surface area contributed by atoms with Crippen LogP contribution in [0.4, 0.5) is 0 Å². The van der Waals surface area contributed by atoms with E-state index in [1.54, 1.807) is 0 Å². The second kappa shape index (κ2) is 6.07. The number of amidine groups is 1. The van der Waals surface area contributed by atoms with E-state index in [0.29, 0.717) is 6.10 Å². The molecule has 17 heavy (non-hydrogen) atoms. The SMILES string of the molecule is N=C(N)c1ccc(CSCC2CCCO2)cc1. The van der Waals surface area contributed by atoms with Gasteiger partial charge in [-0.05, 0) is 18.4 Å². The quantitative estimate of drug-likeness (QED) is 0.623. The number of ether oxygens (including phenoxy) is 1. The van der Waals surface area contributed by atoms with Crippen LogP contribution in [-0.4, -0.2) is 24.3 Å². The molecule has 3 nitrogen and oxygen atoms in total. The normalized spacial score (nSPS) is 19.4. The van der Waals surface area contributed by atoms with Crippen LogP contribution in [0.2, 0.25) is 0 Å². The lowest BCUT2D eigenvalue weighted by atomic mass is 10.1. The van der Waals surface area contributed by atoms with Gasteiger partial charge < -0.3 is 10.5 Å². The molecule has 0 amide bonds. The van der Waals surface area contributed by atoms with Crippen LogP contribution >= 0.6 is 11.8 Å². The van der Waals surface area contributed by atoms with Gasteiger partial charge in [0.15, 0.2) is 0 Å². The van der Waals surface area contributed by atoms with Crippen LogP contribution in [0.1, 0.15) is 24.0 Å². The number of benzene rings is 1. The Balaban J connectivity index is 1.76. The number of hydrogen-bond acceptors (Lipinski definition) is 3. The lowest BCUT2D eigenvalue weighted by Gasteiger charge is -2.08. The minimum Gasteiger partial charge on any atom is -0.384 e. The molecule has 1 aliphatic rings. The Morgan fingerprint density at radius 1 is 1.41 bits per heavy atom. The summed E-state index contributed by atoms with van der Waals surface area (Å²) in [7, 11) is 0. The van der Waals surface area contributed by atoms with Crippen molar-refractivity contribution in [1.29, 1.82) is 5.41 Å². The molecule has 0 saturated carbocycles. The molecule has 1 fully saturated rings. The van der Waals surface area contributed by atoms with Crippen molar-refractivity contribution in [3.63, 3.8) is 0 Å². The maximum absolute atomic E-state index is 7.31. The van der Waals surface area contributed by atoms with Gasteiger partial charge in [-0.2, -0.15) is 11.8 Å². The summed E-state index contributed by atoms with van der Waals surface area (Å²) in [6, 6.07) is 7.90. The molecule has 1 heterocycles. The molecule has 0 bridgehead atoms. The van der Waals surface area contributed by atoms with Crippen LogP contribution in [0, 0.1) is 5.41 Å². The molecule has 4 heteroatoms. The topological polar surface area (TPSA) is 59.1 Å². The predicted molar refractivity (Wildman–Crippen MR) is 72.6 cm³/mol. The van der Waals surface area contributed by atoms with Gasteiger partial charge in [-0.3, -0.25) is 5.41 Å². The summed E-state index contributed by atoms with van der Waals surface area (Å²) in [6.07, 6.45) is 2.87. The van der Waals surface area contributed by atoms with Crippen LogP contribution in [0.15, 0.2) is 24.3 Å². The summed E-state index contributed by atoms with van der Waals surface area (Å²) in [5, 5.41) is 7.31. The van der Waals surface area contributed by atoms with Gasteiger partial charge in [-0.15, -0.1) is 0 Å². The predicted octanol–water partition coefficient (Wildman–Crippen LogP) is 2.38. The third kappa shape index (κ3) is 3.75. The number of nitrogen functional groups attached to an aromatic ring is 1. The van der Waals surface area contributed by atoms with E-state index in [1.807, 2.05) is 36.0 Å². The molecule has 1 aromatic carbocycles. The second-order valence-corrected chi connectivity index (χ2v) is 5.29. The van der Waals surface area contributed by atoms with Crippen molar-refractivity contribution in [2.75, 3.05) is 12.4 Å². The first kappa shape index (κ1) is 12.5. The molecule has 0 spiro atoms. The maximum atomic E-state index is 7.31. The zero-order valence-corrected chi connectivity index (χ0v) is 10.6. The highest BCUT2D eigenvalue weighted by Crippen LogP contribution is 2.20. The van der Waals surface area contributed by atoms with E-state index < -0.39 is 0 Å². The average Bonchev–Trinajstić information content (AvgIpc) is 2.83. The number of rotatable bonds is 5. The van der Waals surface area contributed by atoms with Crippen molar-refractivity contribution >= 4 is 17.6 Å². The van der Waals surface area contributed by atoms with Crippen molar-refractivity contribution in [2.24, 2.45) is 5.73 Å². The van der Waals surface area contributed by atoms with Crippen molar-refractivity contribution in [1.82, 2.24) is 0 Å². The van der Waals surface area contributed by atoms with Crippen molar-refractivity contribution in [3.05, 3.63) is 35.4 Å². The maximum Gasteiger partial charge on any atom is 0.122 e. The van der Waals surface area contributed by atoms with Gasteiger partial charge in [-0.1, -0.05) is 24.3 Å². The summed E-state index contributed by atoms with van der Waals surface area (Å²) in [5.74, 6) is 2.20. The fraction of sp³-hybridized carbons (Fsp3) is 0.462.